The minimum atomic E-state index is -4.54. The van der Waals surface area contributed by atoms with Crippen molar-refractivity contribution in [3.63, 3.8) is 0 Å². The molecule has 0 bridgehead atoms. The summed E-state index contributed by atoms with van der Waals surface area (Å²) >= 11 is 0. The first-order valence-corrected chi connectivity index (χ1v) is 21.8. The topological polar surface area (TPSA) is 141 Å². The van der Waals surface area contributed by atoms with E-state index in [0.717, 1.165) is 81.8 Å². The van der Waals surface area contributed by atoms with Crippen LogP contribution in [-0.2, 0) is 31.4 Å². The lowest BCUT2D eigenvalue weighted by atomic mass is 9.43. The van der Waals surface area contributed by atoms with Crippen molar-refractivity contribution in [2.45, 2.75) is 116 Å². The van der Waals surface area contributed by atoms with Gasteiger partial charge in [0, 0.05) is 35.5 Å². The maximum Gasteiger partial charge on any atom is 0.416 e. The van der Waals surface area contributed by atoms with Crippen molar-refractivity contribution in [1.82, 2.24) is 10.6 Å². The number of carbonyl (C=O) groups is 3. The molecule has 7 rings (SSSR count). The number of alkyl halides is 6. The number of hydrogen-bond donors (Lipinski definition) is 5. The quantitative estimate of drug-likeness (QED) is 0.0968. The number of rotatable bonds is 9. The largest absolute Gasteiger partial charge is 0.469 e. The second-order valence-corrected chi connectivity index (χ2v) is 18.5. The van der Waals surface area contributed by atoms with Gasteiger partial charge in [0.05, 0.1) is 37.4 Å². The van der Waals surface area contributed by atoms with E-state index in [9.17, 15) is 40.7 Å². The van der Waals surface area contributed by atoms with Gasteiger partial charge in [-0.1, -0.05) is 20.8 Å². The fraction of sp³-hybridized carbons (Fsp3) is 0.644. The molecule has 4 saturated carbocycles. The van der Waals surface area contributed by atoms with Crippen LogP contribution >= 0.6 is 0 Å². The second-order valence-electron chi connectivity index (χ2n) is 18.5. The Bertz CT molecular complexity index is 1960. The van der Waals surface area contributed by atoms with E-state index in [1.165, 1.54) is 31.4 Å². The molecule has 0 radical (unpaired) electrons. The highest BCUT2D eigenvalue weighted by Gasteiger charge is 2.68. The summed E-state index contributed by atoms with van der Waals surface area (Å²) < 4.78 is 97.8. The molecule has 62 heavy (non-hydrogen) atoms. The van der Waals surface area contributed by atoms with Crippen LogP contribution in [-0.4, -0.2) is 62.6 Å². The standard InChI is InChI=1S/C45H57F6N5O6/c1-25(6-17-37(57)60-4)32-15-16-33-38-34(24-36(43(32,33)3)62-41(59)56-30-13-9-27(10-14-30)45(49,50)51)42(2)19-18-31(54-39-52-20-5-21-53-39)22-28(42)23-35(38)61-40(58)55-29-11-7-26(8-12-29)44(46,47)48/h7-14,25,28,31-36,38H,5-6,15-24H2,1-4H3,(H,55,58)(H,56,59)(H2,52,53,54)/p+1/t25-,28+,31-,32-,33+,34+,35-,36+,38+,42+,43-/m1/s1. The first-order chi connectivity index (χ1) is 29.3. The summed E-state index contributed by atoms with van der Waals surface area (Å²) in [5.74, 6) is 0.237. The Labute approximate surface area is 357 Å². The highest BCUT2D eigenvalue weighted by Crippen LogP contribution is 2.69. The third-order valence-corrected chi connectivity index (χ3v) is 15.3. The van der Waals surface area contributed by atoms with Crippen LogP contribution in [0, 0.1) is 46.3 Å². The number of benzene rings is 2. The number of esters is 1. The monoisotopic (exact) mass is 878 g/mol. The van der Waals surface area contributed by atoms with E-state index in [1.807, 2.05) is 0 Å². The number of hydrogen-bond acceptors (Lipinski definition) is 8. The fourth-order valence-electron chi connectivity index (χ4n) is 12.1. The molecule has 2 amide bonds. The Hall–Kier alpha value is -4.70. The molecule has 5 N–H and O–H groups in total. The van der Waals surface area contributed by atoms with Gasteiger partial charge in [0.25, 0.3) is 0 Å². The van der Waals surface area contributed by atoms with Gasteiger partial charge in [0.2, 0.25) is 0 Å². The second kappa shape index (κ2) is 17.8. The summed E-state index contributed by atoms with van der Waals surface area (Å²) in [5, 5.41) is 12.4. The van der Waals surface area contributed by atoms with E-state index >= 15 is 0 Å². The lowest BCUT2D eigenvalue weighted by Gasteiger charge is -2.64. The number of carbonyl (C=O) groups excluding carboxylic acids is 3. The molecule has 2 aromatic rings. The highest BCUT2D eigenvalue weighted by atomic mass is 19.4. The average molecular weight is 879 g/mol. The third-order valence-electron chi connectivity index (χ3n) is 15.3. The van der Waals surface area contributed by atoms with Gasteiger partial charge in [-0.2, -0.15) is 26.3 Å². The number of nitrogens with one attached hydrogen (secondary N) is 5. The maximum absolute atomic E-state index is 13.9. The number of ether oxygens (including phenoxy) is 3. The lowest BCUT2D eigenvalue weighted by molar-refractivity contribution is -0.467. The molecule has 0 unspecified atom stereocenters. The molecule has 17 heteroatoms. The predicted molar refractivity (Wildman–Crippen MR) is 217 cm³/mol. The van der Waals surface area contributed by atoms with Gasteiger partial charge in [0.1, 0.15) is 12.2 Å². The van der Waals surface area contributed by atoms with Gasteiger partial charge < -0.3 is 14.2 Å². The third kappa shape index (κ3) is 9.46. The maximum atomic E-state index is 13.9. The first kappa shape index (κ1) is 45.3. The average Bonchev–Trinajstić information content (AvgIpc) is 3.58. The van der Waals surface area contributed by atoms with Crippen molar-refractivity contribution in [2.24, 2.45) is 46.3 Å². The van der Waals surface area contributed by atoms with Gasteiger partial charge >= 0.3 is 36.5 Å². The molecule has 11 nitrogen and oxygen atoms in total. The van der Waals surface area contributed by atoms with Crippen LogP contribution in [0.3, 0.4) is 0 Å². The Morgan fingerprint density at radius 3 is 2.02 bits per heavy atom. The van der Waals surface area contributed by atoms with Crippen molar-refractivity contribution in [2.75, 3.05) is 30.8 Å². The van der Waals surface area contributed by atoms with E-state index in [-0.39, 0.29) is 70.7 Å². The Morgan fingerprint density at radius 1 is 0.839 bits per heavy atom. The number of guanidine groups is 1. The van der Waals surface area contributed by atoms with Gasteiger partial charge in [-0.25, -0.2) is 9.59 Å². The molecule has 1 heterocycles. The van der Waals surface area contributed by atoms with E-state index < -0.39 is 53.3 Å². The molecule has 4 fully saturated rings. The molecule has 340 valence electrons. The number of halogens is 6. The zero-order valence-corrected chi connectivity index (χ0v) is 35.5. The lowest BCUT2D eigenvalue weighted by Crippen LogP contribution is -2.83. The molecular formula is C45H58F6N5O6+. The SMILES string of the molecule is COC(=O)CC[C@@H](C)[C@H]1CC[C@H]2[C@@H]3[C@H](OC(=O)Nc4ccc(C(F)(F)F)cc4)C[C@@H]4C[C@H](NC5=[NH+]CCCN5)CC[C@]4(C)[C@H]3C[C@H](OC(=O)Nc3ccc(C(F)(F)F)cc3)[C@]12C. The van der Waals surface area contributed by atoms with Crippen molar-refractivity contribution in [3.8, 4) is 0 Å². The molecule has 1 aliphatic heterocycles. The highest BCUT2D eigenvalue weighted by molar-refractivity contribution is 5.85. The fourth-order valence-corrected chi connectivity index (χ4v) is 12.1. The van der Waals surface area contributed by atoms with Crippen LogP contribution < -0.4 is 26.3 Å². The Morgan fingerprint density at radius 2 is 1.45 bits per heavy atom. The molecule has 0 spiro atoms. The normalized spacial score (nSPS) is 32.3. The summed E-state index contributed by atoms with van der Waals surface area (Å²) in [6, 6.07) is 8.49. The summed E-state index contributed by atoms with van der Waals surface area (Å²) in [4.78, 5) is 43.4. The van der Waals surface area contributed by atoms with E-state index in [0.29, 0.717) is 19.3 Å². The number of methoxy groups -OCH3 is 1. The van der Waals surface area contributed by atoms with Gasteiger partial charge in [-0.15, -0.1) is 0 Å². The molecule has 0 saturated heterocycles. The van der Waals surface area contributed by atoms with Crippen molar-refractivity contribution < 1.29 is 59.9 Å². The van der Waals surface area contributed by atoms with Gasteiger partial charge in [-0.05, 0) is 135 Å². The first-order valence-electron chi connectivity index (χ1n) is 21.8. The van der Waals surface area contributed by atoms with Gasteiger partial charge in [-0.3, -0.25) is 31.1 Å². The zero-order chi connectivity index (χ0) is 44.6. The molecule has 4 aliphatic carbocycles. The molecule has 2 aromatic carbocycles. The van der Waals surface area contributed by atoms with Crippen molar-refractivity contribution in [3.05, 3.63) is 59.7 Å². The minimum Gasteiger partial charge on any atom is -0.469 e. The Kier molecular flexibility index (Phi) is 13.0. The molecule has 11 atom stereocenters. The minimum absolute atomic E-state index is 0.00000575. The van der Waals surface area contributed by atoms with Crippen molar-refractivity contribution >= 4 is 35.5 Å². The van der Waals surface area contributed by atoms with Crippen molar-refractivity contribution in [1.29, 1.82) is 0 Å². The molecule has 5 aliphatic rings. The summed E-state index contributed by atoms with van der Waals surface area (Å²) in [6.07, 6.45) is -5.16. The predicted octanol–water partition coefficient (Wildman–Crippen LogP) is 8.11. The van der Waals surface area contributed by atoms with Crippen LogP contribution in [0.25, 0.3) is 0 Å². The smallest absolute Gasteiger partial charge is 0.416 e. The number of amides is 2. The van der Waals surface area contributed by atoms with Crippen LogP contribution in [0.5, 0.6) is 0 Å². The van der Waals surface area contributed by atoms with E-state index in [4.69, 9.17) is 14.2 Å². The van der Waals surface area contributed by atoms with Crippen LogP contribution in [0.2, 0.25) is 0 Å². The van der Waals surface area contributed by atoms with Crippen LogP contribution in [0.4, 0.5) is 47.3 Å². The summed E-state index contributed by atoms with van der Waals surface area (Å²) in [7, 11) is 1.34. The Balaban J connectivity index is 1.20. The van der Waals surface area contributed by atoms with Crippen LogP contribution in [0.1, 0.15) is 96.1 Å². The number of anilines is 2. The van der Waals surface area contributed by atoms with E-state index in [2.05, 4.69) is 47.0 Å². The number of fused-ring (bicyclic) bond motifs is 5. The molecule has 0 aromatic heterocycles. The van der Waals surface area contributed by atoms with Crippen LogP contribution in [0.15, 0.2) is 48.5 Å². The molecular weight excluding hydrogens is 821 g/mol. The summed E-state index contributed by atoms with van der Waals surface area (Å²) in [5.41, 5.74) is -2.31. The zero-order valence-electron chi connectivity index (χ0n) is 35.5. The summed E-state index contributed by atoms with van der Waals surface area (Å²) in [6.45, 7) is 8.20. The van der Waals surface area contributed by atoms with Gasteiger partial charge in [0.15, 0.2) is 0 Å². The van der Waals surface area contributed by atoms with E-state index in [1.54, 1.807) is 0 Å².